The van der Waals surface area contributed by atoms with Crippen molar-refractivity contribution < 1.29 is 9.53 Å². The molecule has 2 fully saturated rings. The van der Waals surface area contributed by atoms with Gasteiger partial charge in [0.15, 0.2) is 0 Å². The number of hydrogen-bond donors (Lipinski definition) is 1. The number of hydrogen-bond acceptors (Lipinski definition) is 4. The molecule has 0 spiro atoms. The minimum Gasteiger partial charge on any atom is -0.444 e. The van der Waals surface area contributed by atoms with Crippen LogP contribution in [0.15, 0.2) is 18.2 Å². The first-order valence-electron chi connectivity index (χ1n) is 9.53. The highest BCUT2D eigenvalue weighted by molar-refractivity contribution is 5.71. The minimum atomic E-state index is -0.423. The van der Waals surface area contributed by atoms with Crippen LogP contribution in [-0.4, -0.2) is 48.8 Å². The molecule has 2 saturated heterocycles. The van der Waals surface area contributed by atoms with Gasteiger partial charge in [0.1, 0.15) is 5.60 Å². The maximum atomic E-state index is 12.5. The van der Waals surface area contributed by atoms with E-state index in [2.05, 4.69) is 28.4 Å². The molecule has 1 aromatic rings. The summed E-state index contributed by atoms with van der Waals surface area (Å²) in [6.45, 7) is 9.73. The van der Waals surface area contributed by atoms with Crippen LogP contribution >= 0.6 is 0 Å². The number of carbonyl (C=O) groups excluding carboxylic acids is 1. The van der Waals surface area contributed by atoms with Gasteiger partial charge in [-0.2, -0.15) is 0 Å². The third kappa shape index (κ3) is 3.16. The van der Waals surface area contributed by atoms with Crippen LogP contribution in [0.25, 0.3) is 0 Å². The number of anilines is 2. The van der Waals surface area contributed by atoms with Crippen LogP contribution in [-0.2, 0) is 11.2 Å². The van der Waals surface area contributed by atoms with E-state index in [1.165, 1.54) is 16.9 Å². The fourth-order valence-electron chi connectivity index (χ4n) is 4.57. The molecule has 1 aromatic carbocycles. The normalized spacial score (nSPS) is 25.4. The Labute approximate surface area is 150 Å². The third-order valence-corrected chi connectivity index (χ3v) is 5.65. The van der Waals surface area contributed by atoms with Gasteiger partial charge in [0.05, 0.1) is 0 Å². The van der Waals surface area contributed by atoms with Gasteiger partial charge in [-0.1, -0.05) is 6.07 Å². The Hall–Kier alpha value is -1.91. The van der Waals surface area contributed by atoms with Crippen LogP contribution in [0.4, 0.5) is 16.2 Å². The molecular weight excluding hydrogens is 314 g/mol. The third-order valence-electron chi connectivity index (χ3n) is 5.65. The summed E-state index contributed by atoms with van der Waals surface area (Å²) in [4.78, 5) is 17.0. The molecule has 5 heteroatoms. The van der Waals surface area contributed by atoms with Gasteiger partial charge < -0.3 is 19.9 Å². The molecule has 0 aliphatic carbocycles. The van der Waals surface area contributed by atoms with Crippen molar-refractivity contribution in [1.82, 2.24) is 4.90 Å². The zero-order valence-corrected chi connectivity index (χ0v) is 15.5. The number of fused-ring (bicyclic) bond motifs is 2. The Morgan fingerprint density at radius 3 is 2.88 bits per heavy atom. The number of nitrogens with zero attached hydrogens (tertiary/aromatic N) is 2. The van der Waals surface area contributed by atoms with Crippen molar-refractivity contribution in [3.05, 3.63) is 23.8 Å². The van der Waals surface area contributed by atoms with Crippen molar-refractivity contribution in [2.45, 2.75) is 51.7 Å². The predicted molar refractivity (Wildman–Crippen MR) is 100 cm³/mol. The molecule has 4 rings (SSSR count). The lowest BCUT2D eigenvalue weighted by atomic mass is 9.92. The van der Waals surface area contributed by atoms with E-state index in [1.807, 2.05) is 25.7 Å². The average molecular weight is 343 g/mol. The smallest absolute Gasteiger partial charge is 0.410 e. The van der Waals surface area contributed by atoms with Crippen LogP contribution < -0.4 is 10.2 Å². The molecule has 0 radical (unpaired) electrons. The van der Waals surface area contributed by atoms with Gasteiger partial charge >= 0.3 is 6.09 Å². The largest absolute Gasteiger partial charge is 0.444 e. The van der Waals surface area contributed by atoms with E-state index in [1.54, 1.807) is 0 Å². The number of carbonyl (C=O) groups is 1. The topological polar surface area (TPSA) is 44.8 Å². The summed E-state index contributed by atoms with van der Waals surface area (Å²) in [6, 6.07) is 6.92. The monoisotopic (exact) mass is 343 g/mol. The lowest BCUT2D eigenvalue weighted by molar-refractivity contribution is 0.0194. The fourth-order valence-corrected chi connectivity index (χ4v) is 4.57. The summed E-state index contributed by atoms with van der Waals surface area (Å²) in [5.74, 6) is 0.548. The summed E-state index contributed by atoms with van der Waals surface area (Å²) in [6.07, 6.45) is 3.08. The quantitative estimate of drug-likeness (QED) is 0.848. The molecule has 136 valence electrons. The van der Waals surface area contributed by atoms with Crippen LogP contribution in [0.1, 0.15) is 39.2 Å². The van der Waals surface area contributed by atoms with Gasteiger partial charge in [-0.3, -0.25) is 0 Å². The van der Waals surface area contributed by atoms with E-state index in [0.717, 1.165) is 45.4 Å². The number of likely N-dealkylation sites (tertiary alicyclic amines) is 1. The van der Waals surface area contributed by atoms with E-state index in [-0.39, 0.29) is 6.09 Å². The average Bonchev–Trinajstić information content (AvgIpc) is 3.18. The van der Waals surface area contributed by atoms with E-state index in [4.69, 9.17) is 4.74 Å². The molecule has 0 saturated carbocycles. The molecule has 3 aliphatic rings. The first kappa shape index (κ1) is 16.6. The molecule has 1 N–H and O–H groups in total. The van der Waals surface area contributed by atoms with Crippen LogP contribution in [0.5, 0.6) is 0 Å². The van der Waals surface area contributed by atoms with Crippen molar-refractivity contribution in [3.8, 4) is 0 Å². The molecule has 3 aliphatic heterocycles. The summed E-state index contributed by atoms with van der Waals surface area (Å²) < 4.78 is 5.61. The highest BCUT2D eigenvalue weighted by Crippen LogP contribution is 2.38. The molecule has 0 unspecified atom stereocenters. The SMILES string of the molecule is CC(C)(C)OC(=O)N1CC[C@H]2CN(c3cccc4c3CCN4)CC[C@H]21. The Bertz CT molecular complexity index is 667. The van der Waals surface area contributed by atoms with E-state index in [0.29, 0.717) is 12.0 Å². The number of nitrogens with one attached hydrogen (secondary N) is 1. The van der Waals surface area contributed by atoms with Crippen molar-refractivity contribution in [3.63, 3.8) is 0 Å². The summed E-state index contributed by atoms with van der Waals surface area (Å²) >= 11 is 0. The Balaban J connectivity index is 1.46. The Morgan fingerprint density at radius 2 is 2.08 bits per heavy atom. The predicted octanol–water partition coefficient (Wildman–Crippen LogP) is 3.49. The Morgan fingerprint density at radius 1 is 1.24 bits per heavy atom. The van der Waals surface area contributed by atoms with Crippen molar-refractivity contribution in [1.29, 1.82) is 0 Å². The molecular formula is C20H29N3O2. The Kier molecular flexibility index (Phi) is 4.05. The maximum absolute atomic E-state index is 12.5. The number of piperidine rings is 1. The second-order valence-corrected chi connectivity index (χ2v) is 8.50. The number of ether oxygens (including phenoxy) is 1. The van der Waals surface area contributed by atoms with Crippen LogP contribution in [0.2, 0.25) is 0 Å². The van der Waals surface area contributed by atoms with Crippen LogP contribution in [0.3, 0.4) is 0 Å². The van der Waals surface area contributed by atoms with Crippen molar-refractivity contribution >= 4 is 17.5 Å². The summed E-state index contributed by atoms with van der Waals surface area (Å²) in [5, 5.41) is 3.47. The molecule has 0 aromatic heterocycles. The number of rotatable bonds is 1. The van der Waals surface area contributed by atoms with Gasteiger partial charge in [0, 0.05) is 49.2 Å². The van der Waals surface area contributed by atoms with Gasteiger partial charge in [-0.05, 0) is 58.1 Å². The lowest BCUT2D eigenvalue weighted by Crippen LogP contribution is -2.48. The molecule has 0 bridgehead atoms. The second-order valence-electron chi connectivity index (χ2n) is 8.50. The van der Waals surface area contributed by atoms with Crippen molar-refractivity contribution in [2.24, 2.45) is 5.92 Å². The van der Waals surface area contributed by atoms with E-state index < -0.39 is 5.60 Å². The standard InChI is InChI=1S/C20H29N3O2/c1-20(2,3)25-19(24)23-12-8-14-13-22(11-9-17(14)23)18-6-4-5-16-15(18)7-10-21-16/h4-6,14,17,21H,7-13H2,1-3H3/t14-,17+/m0/s1. The first-order chi connectivity index (χ1) is 11.9. The van der Waals surface area contributed by atoms with Gasteiger partial charge in [-0.15, -0.1) is 0 Å². The molecule has 3 heterocycles. The molecule has 25 heavy (non-hydrogen) atoms. The zero-order valence-electron chi connectivity index (χ0n) is 15.5. The van der Waals surface area contributed by atoms with Crippen LogP contribution in [0, 0.1) is 5.92 Å². The van der Waals surface area contributed by atoms with Gasteiger partial charge in [0.2, 0.25) is 0 Å². The number of benzene rings is 1. The molecule has 5 nitrogen and oxygen atoms in total. The molecule has 2 atom stereocenters. The maximum Gasteiger partial charge on any atom is 0.410 e. The molecule has 1 amide bonds. The number of amides is 1. The highest BCUT2D eigenvalue weighted by Gasteiger charge is 2.42. The van der Waals surface area contributed by atoms with Crippen molar-refractivity contribution in [2.75, 3.05) is 36.4 Å². The minimum absolute atomic E-state index is 0.141. The highest BCUT2D eigenvalue weighted by atomic mass is 16.6. The van der Waals surface area contributed by atoms with Gasteiger partial charge in [0.25, 0.3) is 0 Å². The zero-order chi connectivity index (χ0) is 17.6. The summed E-state index contributed by atoms with van der Waals surface area (Å²) in [7, 11) is 0. The van der Waals surface area contributed by atoms with Gasteiger partial charge in [-0.25, -0.2) is 4.79 Å². The second kappa shape index (κ2) is 6.11. The van der Waals surface area contributed by atoms with E-state index >= 15 is 0 Å². The fraction of sp³-hybridized carbons (Fsp3) is 0.650. The lowest BCUT2D eigenvalue weighted by Gasteiger charge is -2.40. The summed E-state index contributed by atoms with van der Waals surface area (Å²) in [5.41, 5.74) is 3.72. The van der Waals surface area contributed by atoms with E-state index in [9.17, 15) is 4.79 Å². The first-order valence-corrected chi connectivity index (χ1v) is 9.53.